The average molecular weight is 342 g/mol. The molecule has 19 heavy (non-hydrogen) atoms. The molecular weight excluding hydrogens is 330 g/mol. The van der Waals surface area contributed by atoms with Crippen LogP contribution in [-0.2, 0) is 6.54 Å². The molecule has 1 heterocycles. The number of hydrogen-bond acceptors (Lipinski definition) is 5. The number of halogens is 1. The summed E-state index contributed by atoms with van der Waals surface area (Å²) >= 11 is 4.81. The Morgan fingerprint density at radius 3 is 2.84 bits per heavy atom. The molecule has 2 rings (SSSR count). The summed E-state index contributed by atoms with van der Waals surface area (Å²) in [5, 5.41) is 14.0. The van der Waals surface area contributed by atoms with Crippen LogP contribution in [0.1, 0.15) is 10.7 Å². The van der Waals surface area contributed by atoms with Gasteiger partial charge >= 0.3 is 0 Å². The summed E-state index contributed by atoms with van der Waals surface area (Å²) in [6.07, 6.45) is 0. The van der Waals surface area contributed by atoms with Crippen LogP contribution in [0, 0.1) is 17.0 Å². The fraction of sp³-hybridized carbons (Fsp3) is 0.250. The number of thiazole rings is 1. The van der Waals surface area contributed by atoms with Crippen LogP contribution in [0.15, 0.2) is 28.1 Å². The van der Waals surface area contributed by atoms with Crippen molar-refractivity contribution >= 4 is 38.6 Å². The lowest BCUT2D eigenvalue weighted by atomic mass is 10.2. The van der Waals surface area contributed by atoms with E-state index in [1.807, 2.05) is 24.3 Å². The minimum Gasteiger partial charge on any atom is -0.362 e. The molecule has 0 saturated heterocycles. The van der Waals surface area contributed by atoms with Gasteiger partial charge in [-0.3, -0.25) is 10.1 Å². The summed E-state index contributed by atoms with van der Waals surface area (Å²) in [6.45, 7) is 2.49. The van der Waals surface area contributed by atoms with E-state index in [0.717, 1.165) is 10.7 Å². The smallest absolute Gasteiger partial charge is 0.293 e. The Kier molecular flexibility index (Phi) is 4.16. The van der Waals surface area contributed by atoms with E-state index in [1.54, 1.807) is 23.5 Å². The van der Waals surface area contributed by atoms with Gasteiger partial charge in [0, 0.05) is 28.7 Å². The first-order valence-electron chi connectivity index (χ1n) is 5.53. The maximum atomic E-state index is 11.1. The van der Waals surface area contributed by atoms with Crippen LogP contribution in [0.5, 0.6) is 0 Å². The zero-order chi connectivity index (χ0) is 14.0. The quantitative estimate of drug-likeness (QED) is 0.627. The second-order valence-electron chi connectivity index (χ2n) is 4.13. The lowest BCUT2D eigenvalue weighted by Crippen LogP contribution is -2.17. The van der Waals surface area contributed by atoms with Crippen molar-refractivity contribution in [1.82, 2.24) is 4.98 Å². The molecule has 0 aliphatic carbocycles. The van der Waals surface area contributed by atoms with Gasteiger partial charge in [-0.15, -0.1) is 11.3 Å². The van der Waals surface area contributed by atoms with E-state index < -0.39 is 0 Å². The number of rotatable bonds is 4. The van der Waals surface area contributed by atoms with Crippen molar-refractivity contribution in [2.75, 3.05) is 11.9 Å². The minimum atomic E-state index is -0.371. The van der Waals surface area contributed by atoms with Crippen molar-refractivity contribution in [3.05, 3.63) is 48.9 Å². The van der Waals surface area contributed by atoms with Gasteiger partial charge in [0.15, 0.2) is 0 Å². The number of nitro benzene ring substituents is 1. The van der Waals surface area contributed by atoms with Crippen LogP contribution < -0.4 is 4.90 Å². The van der Waals surface area contributed by atoms with E-state index >= 15 is 0 Å². The van der Waals surface area contributed by atoms with Gasteiger partial charge in [-0.1, -0.05) is 15.9 Å². The standard InChI is InChI=1S/C12H12BrN3O2S/c1-8-7-19-12(14-8)6-15(2)10-4-3-9(13)5-11(10)16(17)18/h3-5,7H,6H2,1-2H3. The van der Waals surface area contributed by atoms with Crippen LogP contribution in [0.2, 0.25) is 0 Å². The van der Waals surface area contributed by atoms with Gasteiger partial charge in [0.25, 0.3) is 5.69 Å². The molecule has 0 saturated carbocycles. The first kappa shape index (κ1) is 14.0. The molecule has 7 heteroatoms. The first-order valence-corrected chi connectivity index (χ1v) is 7.20. The lowest BCUT2D eigenvalue weighted by Gasteiger charge is -2.17. The van der Waals surface area contributed by atoms with Gasteiger partial charge in [0.1, 0.15) is 10.7 Å². The first-order chi connectivity index (χ1) is 8.97. The largest absolute Gasteiger partial charge is 0.362 e. The SMILES string of the molecule is Cc1csc(CN(C)c2ccc(Br)cc2[N+](=O)[O-])n1. The highest BCUT2D eigenvalue weighted by Gasteiger charge is 2.18. The number of hydrogen-bond donors (Lipinski definition) is 0. The Morgan fingerprint density at radius 1 is 1.53 bits per heavy atom. The van der Waals surface area contributed by atoms with E-state index in [0.29, 0.717) is 16.7 Å². The fourth-order valence-corrected chi connectivity index (χ4v) is 2.90. The molecule has 0 spiro atoms. The van der Waals surface area contributed by atoms with E-state index in [-0.39, 0.29) is 10.6 Å². The lowest BCUT2D eigenvalue weighted by molar-refractivity contribution is -0.384. The Hall–Kier alpha value is -1.47. The normalized spacial score (nSPS) is 10.5. The molecular formula is C12H12BrN3O2S. The topological polar surface area (TPSA) is 59.3 Å². The number of aryl methyl sites for hydroxylation is 1. The Bertz CT molecular complexity index is 615. The van der Waals surface area contributed by atoms with Gasteiger partial charge in [0.05, 0.1) is 11.5 Å². The molecule has 0 N–H and O–H groups in total. The van der Waals surface area contributed by atoms with Crippen molar-refractivity contribution in [3.8, 4) is 0 Å². The third kappa shape index (κ3) is 3.30. The number of benzene rings is 1. The van der Waals surface area contributed by atoms with Gasteiger partial charge in [0.2, 0.25) is 0 Å². The highest BCUT2D eigenvalue weighted by Crippen LogP contribution is 2.31. The molecule has 5 nitrogen and oxygen atoms in total. The van der Waals surface area contributed by atoms with Crippen LogP contribution in [-0.4, -0.2) is 17.0 Å². The Labute approximate surface area is 123 Å². The van der Waals surface area contributed by atoms with Crippen molar-refractivity contribution in [1.29, 1.82) is 0 Å². The average Bonchev–Trinajstić information content (AvgIpc) is 2.74. The van der Waals surface area contributed by atoms with Crippen molar-refractivity contribution in [2.45, 2.75) is 13.5 Å². The second kappa shape index (κ2) is 5.66. The predicted octanol–water partition coefficient (Wildman–Crippen LogP) is 3.76. The molecule has 0 aliphatic heterocycles. The minimum absolute atomic E-state index is 0.0881. The highest BCUT2D eigenvalue weighted by molar-refractivity contribution is 9.10. The van der Waals surface area contributed by atoms with Crippen LogP contribution in [0.25, 0.3) is 0 Å². The zero-order valence-corrected chi connectivity index (χ0v) is 12.9. The maximum absolute atomic E-state index is 11.1. The monoisotopic (exact) mass is 341 g/mol. The van der Waals surface area contributed by atoms with Crippen molar-refractivity contribution < 1.29 is 4.92 Å². The van der Waals surface area contributed by atoms with E-state index in [1.165, 1.54) is 6.07 Å². The van der Waals surface area contributed by atoms with Crippen LogP contribution in [0.3, 0.4) is 0 Å². The molecule has 0 atom stereocenters. The van der Waals surface area contributed by atoms with Gasteiger partial charge in [-0.05, 0) is 19.1 Å². The third-order valence-electron chi connectivity index (χ3n) is 2.58. The van der Waals surface area contributed by atoms with Crippen molar-refractivity contribution in [2.24, 2.45) is 0 Å². The highest BCUT2D eigenvalue weighted by atomic mass is 79.9. The number of anilines is 1. The molecule has 0 aliphatic rings. The molecule has 1 aromatic carbocycles. The van der Waals surface area contributed by atoms with Gasteiger partial charge in [-0.2, -0.15) is 0 Å². The molecule has 0 amide bonds. The fourth-order valence-electron chi connectivity index (χ4n) is 1.73. The summed E-state index contributed by atoms with van der Waals surface area (Å²) in [5.41, 5.74) is 1.64. The molecule has 2 aromatic rings. The predicted molar refractivity (Wildman–Crippen MR) is 79.8 cm³/mol. The molecule has 0 bridgehead atoms. The molecule has 0 radical (unpaired) electrons. The summed E-state index contributed by atoms with van der Waals surface area (Å²) in [6, 6.07) is 5.05. The molecule has 100 valence electrons. The van der Waals surface area contributed by atoms with E-state index in [2.05, 4.69) is 20.9 Å². The van der Waals surface area contributed by atoms with E-state index in [4.69, 9.17) is 0 Å². The molecule has 0 unspecified atom stereocenters. The Morgan fingerprint density at radius 2 is 2.26 bits per heavy atom. The zero-order valence-electron chi connectivity index (χ0n) is 10.5. The number of nitrogens with zero attached hydrogens (tertiary/aromatic N) is 3. The Balaban J connectivity index is 2.28. The molecule has 1 aromatic heterocycles. The summed E-state index contributed by atoms with van der Waals surface area (Å²) in [5.74, 6) is 0. The van der Waals surface area contributed by atoms with Crippen molar-refractivity contribution in [3.63, 3.8) is 0 Å². The second-order valence-corrected chi connectivity index (χ2v) is 5.99. The summed E-state index contributed by atoms with van der Waals surface area (Å²) in [7, 11) is 1.83. The summed E-state index contributed by atoms with van der Waals surface area (Å²) in [4.78, 5) is 16.9. The number of aromatic nitrogens is 1. The molecule has 0 fully saturated rings. The van der Waals surface area contributed by atoms with Crippen LogP contribution >= 0.6 is 27.3 Å². The van der Waals surface area contributed by atoms with Gasteiger partial charge < -0.3 is 4.90 Å². The number of nitro groups is 1. The van der Waals surface area contributed by atoms with Gasteiger partial charge in [-0.25, -0.2) is 4.98 Å². The van der Waals surface area contributed by atoms with E-state index in [9.17, 15) is 10.1 Å². The maximum Gasteiger partial charge on any atom is 0.293 e. The summed E-state index contributed by atoms with van der Waals surface area (Å²) < 4.78 is 0.696. The third-order valence-corrected chi connectivity index (χ3v) is 4.03. The van der Waals surface area contributed by atoms with Crippen LogP contribution in [0.4, 0.5) is 11.4 Å².